The molecule has 0 saturated carbocycles. The van der Waals surface area contributed by atoms with Gasteiger partial charge >= 0.3 is 0 Å². The molecule has 1 heterocycles. The van der Waals surface area contributed by atoms with Gasteiger partial charge in [-0.1, -0.05) is 30.3 Å². The first kappa shape index (κ1) is 15.0. The van der Waals surface area contributed by atoms with Gasteiger partial charge in [0, 0.05) is 12.6 Å². The van der Waals surface area contributed by atoms with Crippen LogP contribution in [-0.2, 0) is 4.79 Å². The zero-order valence-electron chi connectivity index (χ0n) is 12.1. The normalized spacial score (nSPS) is 20.8. The molecule has 1 fully saturated rings. The summed E-state index contributed by atoms with van der Waals surface area (Å²) < 4.78 is 0. The Morgan fingerprint density at radius 2 is 2.20 bits per heavy atom. The number of carbonyl (C=O) groups excluding carboxylic acids is 1. The monoisotopic (exact) mass is 276 g/mol. The first-order valence-electron chi connectivity index (χ1n) is 7.40. The Morgan fingerprint density at radius 1 is 1.45 bits per heavy atom. The lowest BCUT2D eigenvalue weighted by Gasteiger charge is -2.23. The molecule has 1 aliphatic rings. The third kappa shape index (κ3) is 4.05. The largest absolute Gasteiger partial charge is 0.396 e. The predicted molar refractivity (Wildman–Crippen MR) is 79.3 cm³/mol. The van der Waals surface area contributed by atoms with E-state index < -0.39 is 0 Å². The van der Waals surface area contributed by atoms with Crippen LogP contribution < -0.4 is 5.32 Å². The summed E-state index contributed by atoms with van der Waals surface area (Å²) >= 11 is 0. The Bertz CT molecular complexity index is 422. The fourth-order valence-electron chi connectivity index (χ4n) is 2.79. The molecule has 2 unspecified atom stereocenters. The molecule has 1 amide bonds. The van der Waals surface area contributed by atoms with Gasteiger partial charge in [-0.25, -0.2) is 0 Å². The second-order valence-electron chi connectivity index (χ2n) is 5.50. The third-order valence-electron chi connectivity index (χ3n) is 3.99. The topological polar surface area (TPSA) is 52.6 Å². The number of carbonyl (C=O) groups is 1. The molecule has 1 aromatic carbocycles. The van der Waals surface area contributed by atoms with Crippen LogP contribution in [0.2, 0.25) is 0 Å². The molecule has 1 aliphatic heterocycles. The van der Waals surface area contributed by atoms with E-state index in [2.05, 4.69) is 17.1 Å². The minimum Gasteiger partial charge on any atom is -0.396 e. The van der Waals surface area contributed by atoms with Crippen molar-refractivity contribution in [1.82, 2.24) is 10.2 Å². The standard InChI is InChI=1S/C16H24N2O2/c1-13-6-5-10-18(13)12-16(20)17-15(9-11-19)14-7-3-2-4-8-14/h2-4,7-8,13,15,19H,5-6,9-12H2,1H3,(H,17,20). The molecule has 1 aromatic rings. The minimum absolute atomic E-state index is 0.0426. The van der Waals surface area contributed by atoms with Gasteiger partial charge in [0.05, 0.1) is 12.6 Å². The number of rotatable bonds is 6. The lowest BCUT2D eigenvalue weighted by Crippen LogP contribution is -2.40. The van der Waals surface area contributed by atoms with E-state index in [0.29, 0.717) is 19.0 Å². The van der Waals surface area contributed by atoms with Crippen LogP contribution in [0.15, 0.2) is 30.3 Å². The van der Waals surface area contributed by atoms with Crippen LogP contribution in [0.4, 0.5) is 0 Å². The summed E-state index contributed by atoms with van der Waals surface area (Å²) in [7, 11) is 0. The highest BCUT2D eigenvalue weighted by molar-refractivity contribution is 5.78. The van der Waals surface area contributed by atoms with Crippen molar-refractivity contribution in [2.24, 2.45) is 0 Å². The van der Waals surface area contributed by atoms with Crippen LogP contribution >= 0.6 is 0 Å². The van der Waals surface area contributed by atoms with Crippen LogP contribution in [0.1, 0.15) is 37.8 Å². The third-order valence-corrected chi connectivity index (χ3v) is 3.99. The molecule has 4 heteroatoms. The highest BCUT2D eigenvalue weighted by Gasteiger charge is 2.23. The van der Waals surface area contributed by atoms with Gasteiger partial charge in [-0.2, -0.15) is 0 Å². The molecule has 2 atom stereocenters. The van der Waals surface area contributed by atoms with E-state index in [1.54, 1.807) is 0 Å². The highest BCUT2D eigenvalue weighted by Crippen LogP contribution is 2.18. The van der Waals surface area contributed by atoms with E-state index in [4.69, 9.17) is 0 Å². The van der Waals surface area contributed by atoms with Gasteiger partial charge < -0.3 is 10.4 Å². The van der Waals surface area contributed by atoms with Gasteiger partial charge in [-0.3, -0.25) is 9.69 Å². The molecule has 1 saturated heterocycles. The summed E-state index contributed by atoms with van der Waals surface area (Å²) in [6.07, 6.45) is 2.89. The summed E-state index contributed by atoms with van der Waals surface area (Å²) in [5, 5.41) is 12.2. The molecule has 20 heavy (non-hydrogen) atoms. The lowest BCUT2D eigenvalue weighted by molar-refractivity contribution is -0.123. The lowest BCUT2D eigenvalue weighted by atomic mass is 10.0. The number of nitrogens with zero attached hydrogens (tertiary/aromatic N) is 1. The summed E-state index contributed by atoms with van der Waals surface area (Å²) in [5.74, 6) is 0.0426. The molecule has 0 radical (unpaired) electrons. The number of aliphatic hydroxyl groups excluding tert-OH is 1. The molecular formula is C16H24N2O2. The minimum atomic E-state index is -0.105. The van der Waals surface area contributed by atoms with Crippen molar-refractivity contribution in [3.63, 3.8) is 0 Å². The molecule has 0 bridgehead atoms. The Morgan fingerprint density at radius 3 is 2.80 bits per heavy atom. The van der Waals surface area contributed by atoms with E-state index in [-0.39, 0.29) is 18.6 Å². The highest BCUT2D eigenvalue weighted by atomic mass is 16.3. The second kappa shape index (κ2) is 7.41. The maximum Gasteiger partial charge on any atom is 0.234 e. The number of nitrogens with one attached hydrogen (secondary N) is 1. The second-order valence-corrected chi connectivity index (χ2v) is 5.50. The SMILES string of the molecule is CC1CCCN1CC(=O)NC(CCO)c1ccccc1. The number of amides is 1. The average Bonchev–Trinajstić information content (AvgIpc) is 2.85. The van der Waals surface area contributed by atoms with Gasteiger partial charge in [0.1, 0.15) is 0 Å². The molecule has 0 aromatic heterocycles. The van der Waals surface area contributed by atoms with Crippen molar-refractivity contribution in [2.45, 2.75) is 38.3 Å². The van der Waals surface area contributed by atoms with Gasteiger partial charge in [0.25, 0.3) is 0 Å². The van der Waals surface area contributed by atoms with Gasteiger partial charge in [0.15, 0.2) is 0 Å². The molecule has 0 aliphatic carbocycles. The Kier molecular flexibility index (Phi) is 5.56. The number of hydrogen-bond acceptors (Lipinski definition) is 3. The van der Waals surface area contributed by atoms with Crippen LogP contribution in [0.5, 0.6) is 0 Å². The number of benzene rings is 1. The van der Waals surface area contributed by atoms with E-state index in [1.807, 2.05) is 30.3 Å². The quantitative estimate of drug-likeness (QED) is 0.831. The first-order valence-corrected chi connectivity index (χ1v) is 7.40. The average molecular weight is 276 g/mol. The Labute approximate surface area is 120 Å². The van der Waals surface area contributed by atoms with Crippen molar-refractivity contribution < 1.29 is 9.90 Å². The van der Waals surface area contributed by atoms with E-state index >= 15 is 0 Å². The predicted octanol–water partition coefficient (Wildman–Crippen LogP) is 1.71. The maximum atomic E-state index is 12.2. The fraction of sp³-hybridized carbons (Fsp3) is 0.562. The summed E-state index contributed by atoms with van der Waals surface area (Å²) in [5.41, 5.74) is 1.05. The van der Waals surface area contributed by atoms with Crippen LogP contribution in [0.25, 0.3) is 0 Å². The first-order chi connectivity index (χ1) is 9.70. The zero-order chi connectivity index (χ0) is 14.4. The smallest absolute Gasteiger partial charge is 0.234 e. The summed E-state index contributed by atoms with van der Waals surface area (Å²) in [6.45, 7) is 3.70. The molecule has 0 spiro atoms. The van der Waals surface area contributed by atoms with Crippen LogP contribution in [0.3, 0.4) is 0 Å². The van der Waals surface area contributed by atoms with Crippen LogP contribution in [0, 0.1) is 0 Å². The number of aliphatic hydroxyl groups is 1. The molecular weight excluding hydrogens is 252 g/mol. The van der Waals surface area contributed by atoms with Crippen molar-refractivity contribution in [2.75, 3.05) is 19.7 Å². The summed E-state index contributed by atoms with van der Waals surface area (Å²) in [6, 6.07) is 10.2. The summed E-state index contributed by atoms with van der Waals surface area (Å²) in [4.78, 5) is 14.4. The van der Waals surface area contributed by atoms with E-state index in [0.717, 1.165) is 12.1 Å². The van der Waals surface area contributed by atoms with Crippen molar-refractivity contribution in [1.29, 1.82) is 0 Å². The molecule has 4 nitrogen and oxygen atoms in total. The molecule has 110 valence electrons. The van der Waals surface area contributed by atoms with E-state index in [1.165, 1.54) is 12.8 Å². The van der Waals surface area contributed by atoms with Gasteiger partial charge in [0.2, 0.25) is 5.91 Å². The maximum absolute atomic E-state index is 12.2. The molecule has 2 N–H and O–H groups in total. The van der Waals surface area contributed by atoms with E-state index in [9.17, 15) is 9.90 Å². The number of likely N-dealkylation sites (tertiary alicyclic amines) is 1. The van der Waals surface area contributed by atoms with Gasteiger partial charge in [-0.15, -0.1) is 0 Å². The number of hydrogen-bond donors (Lipinski definition) is 2. The Hall–Kier alpha value is -1.39. The van der Waals surface area contributed by atoms with Gasteiger partial charge in [-0.05, 0) is 38.3 Å². The fourth-order valence-corrected chi connectivity index (χ4v) is 2.79. The van der Waals surface area contributed by atoms with Crippen LogP contribution in [-0.4, -0.2) is 41.7 Å². The van der Waals surface area contributed by atoms with Crippen molar-refractivity contribution in [3.05, 3.63) is 35.9 Å². The molecule has 2 rings (SSSR count). The van der Waals surface area contributed by atoms with Crippen molar-refractivity contribution >= 4 is 5.91 Å². The Balaban J connectivity index is 1.92. The zero-order valence-corrected chi connectivity index (χ0v) is 12.1. The van der Waals surface area contributed by atoms with Crippen molar-refractivity contribution in [3.8, 4) is 0 Å².